The molecule has 2 nitrogen and oxygen atoms in total. The van der Waals surface area contributed by atoms with Gasteiger partial charge in [0.2, 0.25) is 0 Å². The van der Waals surface area contributed by atoms with E-state index in [9.17, 15) is 4.39 Å². The summed E-state index contributed by atoms with van der Waals surface area (Å²) in [6, 6.07) is 4.83. The van der Waals surface area contributed by atoms with Crippen LogP contribution in [0.15, 0.2) is 18.2 Å². The molecule has 1 N–H and O–H groups in total. The Balaban J connectivity index is 2.73. The number of benzene rings is 1. The van der Waals surface area contributed by atoms with Gasteiger partial charge in [-0.15, -0.1) is 0 Å². The fraction of sp³-hybridized carbons (Fsp3) is 0.308. The largest absolute Gasteiger partial charge is 0.373 e. The van der Waals surface area contributed by atoms with Gasteiger partial charge in [0.15, 0.2) is 0 Å². The summed E-state index contributed by atoms with van der Waals surface area (Å²) in [5.41, 5.74) is 1.39. The molecule has 0 aliphatic rings. The maximum absolute atomic E-state index is 13.7. The lowest BCUT2D eigenvalue weighted by Gasteiger charge is -2.10. The Hall–Kier alpha value is -1.35. The second kappa shape index (κ2) is 4.88. The van der Waals surface area contributed by atoms with E-state index in [1.54, 1.807) is 13.1 Å². The van der Waals surface area contributed by atoms with Crippen LogP contribution in [0, 0.1) is 5.82 Å². The van der Waals surface area contributed by atoms with Gasteiger partial charge in [-0.25, -0.2) is 9.37 Å². The van der Waals surface area contributed by atoms with Crippen LogP contribution in [0.2, 0.25) is 5.02 Å². The number of aromatic nitrogens is 1. The van der Waals surface area contributed by atoms with Gasteiger partial charge in [-0.2, -0.15) is 0 Å². The molecule has 1 aromatic carbocycles. The van der Waals surface area contributed by atoms with E-state index < -0.39 is 0 Å². The third kappa shape index (κ3) is 2.20. The molecule has 0 atom stereocenters. The first-order valence-electron chi connectivity index (χ1n) is 5.62. The van der Waals surface area contributed by atoms with Gasteiger partial charge in [-0.05, 0) is 30.2 Å². The Labute approximate surface area is 105 Å². The van der Waals surface area contributed by atoms with E-state index in [1.807, 2.05) is 6.07 Å². The van der Waals surface area contributed by atoms with Gasteiger partial charge in [0.25, 0.3) is 0 Å². The normalized spacial score (nSPS) is 10.8. The summed E-state index contributed by atoms with van der Waals surface area (Å²) in [7, 11) is 1.79. The summed E-state index contributed by atoms with van der Waals surface area (Å²) in [6.45, 7) is 2.09. The summed E-state index contributed by atoms with van der Waals surface area (Å²) in [4.78, 5) is 4.30. The highest BCUT2D eigenvalue weighted by atomic mass is 35.5. The number of rotatable bonds is 3. The predicted molar refractivity (Wildman–Crippen MR) is 70.3 cm³/mol. The van der Waals surface area contributed by atoms with Crippen molar-refractivity contribution in [3.63, 3.8) is 0 Å². The molecule has 2 aromatic rings. The topological polar surface area (TPSA) is 24.9 Å². The smallest absolute Gasteiger partial charge is 0.149 e. The second-order valence-electron chi connectivity index (χ2n) is 3.92. The number of hydrogen-bond donors (Lipinski definition) is 1. The highest BCUT2D eigenvalue weighted by Crippen LogP contribution is 2.28. The SMILES string of the molecule is CCCc1cc2c(Cl)ccc(F)c2nc1NC. The zero-order valence-electron chi connectivity index (χ0n) is 9.85. The summed E-state index contributed by atoms with van der Waals surface area (Å²) >= 11 is 6.07. The highest BCUT2D eigenvalue weighted by molar-refractivity contribution is 6.35. The number of aryl methyl sites for hydroxylation is 1. The standard InChI is InChI=1S/C13H14ClFN2/c1-3-4-8-7-9-10(14)5-6-11(15)12(9)17-13(8)16-2/h5-7H,3-4H2,1-2H3,(H,16,17). The van der Waals surface area contributed by atoms with Gasteiger partial charge in [0, 0.05) is 12.4 Å². The lowest BCUT2D eigenvalue weighted by Crippen LogP contribution is -2.00. The fourth-order valence-corrected chi connectivity index (χ4v) is 2.12. The summed E-state index contributed by atoms with van der Waals surface area (Å²) in [5, 5.41) is 4.21. The predicted octanol–water partition coefficient (Wildman–Crippen LogP) is 4.02. The monoisotopic (exact) mass is 252 g/mol. The number of hydrogen-bond acceptors (Lipinski definition) is 2. The van der Waals surface area contributed by atoms with E-state index in [1.165, 1.54) is 6.07 Å². The molecular weight excluding hydrogens is 239 g/mol. The van der Waals surface area contributed by atoms with Crippen molar-refractivity contribution in [2.24, 2.45) is 0 Å². The minimum atomic E-state index is -0.344. The fourth-order valence-electron chi connectivity index (χ4n) is 1.91. The molecule has 0 bridgehead atoms. The van der Waals surface area contributed by atoms with E-state index in [2.05, 4.69) is 17.2 Å². The van der Waals surface area contributed by atoms with Crippen molar-refractivity contribution in [2.75, 3.05) is 12.4 Å². The number of nitrogens with one attached hydrogen (secondary N) is 1. The van der Waals surface area contributed by atoms with Crippen LogP contribution in [0.5, 0.6) is 0 Å². The third-order valence-corrected chi connectivity index (χ3v) is 3.05. The maximum Gasteiger partial charge on any atom is 0.149 e. The number of anilines is 1. The van der Waals surface area contributed by atoms with Gasteiger partial charge in [-0.1, -0.05) is 24.9 Å². The number of fused-ring (bicyclic) bond motifs is 1. The molecule has 0 saturated heterocycles. The maximum atomic E-state index is 13.7. The van der Waals surface area contributed by atoms with Crippen molar-refractivity contribution in [3.05, 3.63) is 34.6 Å². The van der Waals surface area contributed by atoms with Crippen molar-refractivity contribution in [2.45, 2.75) is 19.8 Å². The van der Waals surface area contributed by atoms with Crippen LogP contribution >= 0.6 is 11.6 Å². The Kier molecular flexibility index (Phi) is 3.48. The van der Waals surface area contributed by atoms with Crippen LogP contribution in [0.3, 0.4) is 0 Å². The molecule has 0 radical (unpaired) electrons. The molecule has 0 fully saturated rings. The van der Waals surface area contributed by atoms with Crippen molar-refractivity contribution < 1.29 is 4.39 Å². The van der Waals surface area contributed by atoms with Gasteiger partial charge in [0.05, 0.1) is 5.02 Å². The first-order chi connectivity index (χ1) is 8.17. The number of pyridine rings is 1. The van der Waals surface area contributed by atoms with Crippen LogP contribution in [0.25, 0.3) is 10.9 Å². The lowest BCUT2D eigenvalue weighted by molar-refractivity contribution is 0.637. The molecule has 0 amide bonds. The minimum absolute atomic E-state index is 0.321. The van der Waals surface area contributed by atoms with Gasteiger partial charge < -0.3 is 5.32 Å². The van der Waals surface area contributed by atoms with Crippen molar-refractivity contribution in [3.8, 4) is 0 Å². The quantitative estimate of drug-likeness (QED) is 0.892. The van der Waals surface area contributed by atoms with Gasteiger partial charge in [-0.3, -0.25) is 0 Å². The molecule has 17 heavy (non-hydrogen) atoms. The van der Waals surface area contributed by atoms with E-state index in [0.717, 1.165) is 24.2 Å². The summed E-state index contributed by atoms with van der Waals surface area (Å²) in [5.74, 6) is 0.379. The zero-order chi connectivity index (χ0) is 12.4. The first-order valence-corrected chi connectivity index (χ1v) is 6.00. The van der Waals surface area contributed by atoms with E-state index >= 15 is 0 Å². The van der Waals surface area contributed by atoms with Crippen LogP contribution < -0.4 is 5.32 Å². The highest BCUT2D eigenvalue weighted by Gasteiger charge is 2.10. The summed E-state index contributed by atoms with van der Waals surface area (Å²) in [6.07, 6.45) is 1.90. The minimum Gasteiger partial charge on any atom is -0.373 e. The average Bonchev–Trinajstić information content (AvgIpc) is 2.34. The molecule has 0 aliphatic heterocycles. The van der Waals surface area contributed by atoms with Crippen LogP contribution in [0.4, 0.5) is 10.2 Å². The summed E-state index contributed by atoms with van der Waals surface area (Å²) < 4.78 is 13.7. The Morgan fingerprint density at radius 2 is 2.18 bits per heavy atom. The molecule has 90 valence electrons. The number of nitrogens with zero attached hydrogens (tertiary/aromatic N) is 1. The molecular formula is C13H14ClFN2. The molecule has 0 aliphatic carbocycles. The molecule has 1 heterocycles. The average molecular weight is 253 g/mol. The van der Waals surface area contributed by atoms with E-state index in [-0.39, 0.29) is 5.82 Å². The van der Waals surface area contributed by atoms with Crippen molar-refractivity contribution in [1.82, 2.24) is 4.98 Å². The molecule has 0 spiro atoms. The Morgan fingerprint density at radius 1 is 1.41 bits per heavy atom. The van der Waals surface area contributed by atoms with E-state index in [0.29, 0.717) is 15.9 Å². The Bertz CT molecular complexity index is 555. The van der Waals surface area contributed by atoms with Crippen molar-refractivity contribution in [1.29, 1.82) is 0 Å². The number of halogens is 2. The van der Waals surface area contributed by atoms with Gasteiger partial charge >= 0.3 is 0 Å². The molecule has 4 heteroatoms. The van der Waals surface area contributed by atoms with Crippen LogP contribution in [-0.4, -0.2) is 12.0 Å². The molecule has 0 saturated carbocycles. The molecule has 2 rings (SSSR count). The first kappa shape index (κ1) is 12.1. The third-order valence-electron chi connectivity index (χ3n) is 2.72. The molecule has 0 unspecified atom stereocenters. The van der Waals surface area contributed by atoms with Crippen molar-refractivity contribution >= 4 is 28.3 Å². The molecule has 1 aromatic heterocycles. The van der Waals surface area contributed by atoms with E-state index in [4.69, 9.17) is 11.6 Å². The van der Waals surface area contributed by atoms with Gasteiger partial charge in [0.1, 0.15) is 17.2 Å². The van der Waals surface area contributed by atoms with Crippen LogP contribution in [-0.2, 0) is 6.42 Å². The van der Waals surface area contributed by atoms with Crippen LogP contribution in [0.1, 0.15) is 18.9 Å². The zero-order valence-corrected chi connectivity index (χ0v) is 10.6. The lowest BCUT2D eigenvalue weighted by atomic mass is 10.1. The second-order valence-corrected chi connectivity index (χ2v) is 4.33. The Morgan fingerprint density at radius 3 is 2.82 bits per heavy atom.